The first kappa shape index (κ1) is 18.4. The minimum absolute atomic E-state index is 0.000226. The molecule has 0 N–H and O–H groups in total. The molecule has 1 aliphatic heterocycles. The van der Waals surface area contributed by atoms with Crippen LogP contribution in [0.4, 0.5) is 0 Å². The second kappa shape index (κ2) is 7.60. The van der Waals surface area contributed by atoms with E-state index in [0.717, 1.165) is 11.3 Å². The number of rotatable bonds is 3. The van der Waals surface area contributed by atoms with Crippen molar-refractivity contribution in [2.24, 2.45) is 0 Å². The van der Waals surface area contributed by atoms with Gasteiger partial charge in [0.25, 0.3) is 5.91 Å². The van der Waals surface area contributed by atoms with Crippen molar-refractivity contribution >= 4 is 5.91 Å². The van der Waals surface area contributed by atoms with Gasteiger partial charge in [0.1, 0.15) is 5.69 Å². The fourth-order valence-electron chi connectivity index (χ4n) is 3.68. The molecule has 2 heterocycles. The van der Waals surface area contributed by atoms with Gasteiger partial charge in [0, 0.05) is 24.8 Å². The summed E-state index contributed by atoms with van der Waals surface area (Å²) in [7, 11) is 0. The van der Waals surface area contributed by atoms with E-state index in [4.69, 9.17) is 9.84 Å². The third-order valence-electron chi connectivity index (χ3n) is 5.00. The van der Waals surface area contributed by atoms with Crippen molar-refractivity contribution in [2.75, 3.05) is 13.1 Å². The van der Waals surface area contributed by atoms with Gasteiger partial charge in [-0.25, -0.2) is 4.68 Å². The summed E-state index contributed by atoms with van der Waals surface area (Å²) >= 11 is 0. The molecule has 4 rings (SSSR count). The number of carbonyl (C=O) groups is 1. The number of benzene rings is 2. The molecule has 1 amide bonds. The van der Waals surface area contributed by atoms with Gasteiger partial charge < -0.3 is 9.64 Å². The summed E-state index contributed by atoms with van der Waals surface area (Å²) in [6.07, 6.45) is 1.90. The Hall–Kier alpha value is -2.92. The summed E-state index contributed by atoms with van der Waals surface area (Å²) < 4.78 is 7.58. The van der Waals surface area contributed by atoms with Crippen LogP contribution in [0.1, 0.15) is 29.8 Å². The zero-order chi connectivity index (χ0) is 19.7. The molecule has 1 saturated heterocycles. The average Bonchev–Trinajstić information content (AvgIpc) is 3.13. The third kappa shape index (κ3) is 3.71. The molecule has 3 aromatic rings. The van der Waals surface area contributed by atoms with Crippen molar-refractivity contribution in [2.45, 2.75) is 33.0 Å². The van der Waals surface area contributed by atoms with Crippen LogP contribution in [0, 0.1) is 6.92 Å². The molecule has 1 fully saturated rings. The van der Waals surface area contributed by atoms with Gasteiger partial charge in [-0.1, -0.05) is 48.0 Å². The van der Waals surface area contributed by atoms with Gasteiger partial charge >= 0.3 is 0 Å². The highest BCUT2D eigenvalue weighted by Crippen LogP contribution is 2.26. The van der Waals surface area contributed by atoms with Gasteiger partial charge in [-0.3, -0.25) is 4.79 Å². The van der Waals surface area contributed by atoms with E-state index >= 15 is 0 Å². The first-order valence-electron chi connectivity index (χ1n) is 9.68. The molecule has 1 aliphatic rings. The number of hydrogen-bond acceptors (Lipinski definition) is 3. The van der Waals surface area contributed by atoms with Crippen LogP contribution in [-0.4, -0.2) is 45.9 Å². The normalized spacial score (nSPS) is 19.6. The van der Waals surface area contributed by atoms with Crippen molar-refractivity contribution < 1.29 is 9.53 Å². The molecule has 0 bridgehead atoms. The predicted octanol–water partition coefficient (Wildman–Crippen LogP) is 4.10. The SMILES string of the molecule is Cc1ccc(-c2nn(-c3ccccc3)cc2C(=O)N2C[C@@H](C)O[C@@H](C)C2)cc1. The van der Waals surface area contributed by atoms with E-state index in [1.807, 2.05) is 79.5 Å². The zero-order valence-corrected chi connectivity index (χ0v) is 16.5. The minimum atomic E-state index is -0.000226. The monoisotopic (exact) mass is 375 g/mol. The molecule has 2 aromatic carbocycles. The summed E-state index contributed by atoms with van der Waals surface area (Å²) in [6.45, 7) is 7.24. The zero-order valence-electron chi connectivity index (χ0n) is 16.5. The molecular weight excluding hydrogens is 350 g/mol. The summed E-state index contributed by atoms with van der Waals surface area (Å²) in [5.41, 5.74) is 4.38. The van der Waals surface area contributed by atoms with Crippen LogP contribution in [0.25, 0.3) is 16.9 Å². The van der Waals surface area contributed by atoms with Gasteiger partial charge in [0.15, 0.2) is 0 Å². The highest BCUT2D eigenvalue weighted by Gasteiger charge is 2.29. The number of nitrogens with zero attached hydrogens (tertiary/aromatic N) is 3. The molecule has 0 unspecified atom stereocenters. The number of hydrogen-bond donors (Lipinski definition) is 0. The molecular formula is C23H25N3O2. The number of aryl methyl sites for hydroxylation is 1. The lowest BCUT2D eigenvalue weighted by Crippen LogP contribution is -2.48. The maximum absolute atomic E-state index is 13.4. The maximum atomic E-state index is 13.4. The number of carbonyl (C=O) groups excluding carboxylic acids is 1. The number of amides is 1. The number of aromatic nitrogens is 2. The lowest BCUT2D eigenvalue weighted by molar-refractivity contribution is -0.0586. The quantitative estimate of drug-likeness (QED) is 0.692. The van der Waals surface area contributed by atoms with E-state index in [0.29, 0.717) is 24.3 Å². The smallest absolute Gasteiger partial charge is 0.257 e. The Morgan fingerprint density at radius 1 is 1.00 bits per heavy atom. The van der Waals surface area contributed by atoms with E-state index < -0.39 is 0 Å². The minimum Gasteiger partial charge on any atom is -0.372 e. The molecule has 5 nitrogen and oxygen atoms in total. The molecule has 0 saturated carbocycles. The summed E-state index contributed by atoms with van der Waals surface area (Å²) in [6, 6.07) is 18.0. The average molecular weight is 375 g/mol. The Kier molecular flexibility index (Phi) is 5.01. The molecule has 1 aromatic heterocycles. The lowest BCUT2D eigenvalue weighted by Gasteiger charge is -2.35. The molecule has 2 atom stereocenters. The Morgan fingerprint density at radius 2 is 1.64 bits per heavy atom. The van der Waals surface area contributed by atoms with Gasteiger partial charge in [0.05, 0.1) is 23.5 Å². The van der Waals surface area contributed by atoms with E-state index in [2.05, 4.69) is 6.92 Å². The predicted molar refractivity (Wildman–Crippen MR) is 110 cm³/mol. The molecule has 28 heavy (non-hydrogen) atoms. The first-order chi connectivity index (χ1) is 13.5. The lowest BCUT2D eigenvalue weighted by atomic mass is 10.1. The van der Waals surface area contributed by atoms with Crippen LogP contribution in [0.2, 0.25) is 0 Å². The maximum Gasteiger partial charge on any atom is 0.257 e. The fourth-order valence-corrected chi connectivity index (χ4v) is 3.68. The Labute approximate surface area is 165 Å². The van der Waals surface area contributed by atoms with Crippen molar-refractivity contribution in [3.05, 3.63) is 71.9 Å². The first-order valence-corrected chi connectivity index (χ1v) is 9.68. The second-order valence-corrected chi connectivity index (χ2v) is 7.50. The second-order valence-electron chi connectivity index (χ2n) is 7.50. The van der Waals surface area contributed by atoms with Gasteiger partial charge in [0.2, 0.25) is 0 Å². The van der Waals surface area contributed by atoms with Crippen molar-refractivity contribution in [1.82, 2.24) is 14.7 Å². The van der Waals surface area contributed by atoms with Crippen molar-refractivity contribution in [3.8, 4) is 16.9 Å². The Balaban J connectivity index is 1.77. The molecule has 0 spiro atoms. The van der Waals surface area contributed by atoms with E-state index in [1.165, 1.54) is 5.56 Å². The summed E-state index contributed by atoms with van der Waals surface area (Å²) in [5.74, 6) is -0.000226. The largest absolute Gasteiger partial charge is 0.372 e. The topological polar surface area (TPSA) is 47.4 Å². The van der Waals surface area contributed by atoms with Crippen LogP contribution in [0.5, 0.6) is 0 Å². The molecule has 0 aliphatic carbocycles. The number of ether oxygens (including phenoxy) is 1. The van der Waals surface area contributed by atoms with Crippen LogP contribution in [0.15, 0.2) is 60.8 Å². The van der Waals surface area contributed by atoms with Gasteiger partial charge in [-0.15, -0.1) is 0 Å². The van der Waals surface area contributed by atoms with E-state index in [1.54, 1.807) is 4.68 Å². The fraction of sp³-hybridized carbons (Fsp3) is 0.304. The summed E-state index contributed by atoms with van der Waals surface area (Å²) in [5, 5.41) is 4.77. The van der Waals surface area contributed by atoms with Gasteiger partial charge in [-0.2, -0.15) is 5.10 Å². The Morgan fingerprint density at radius 3 is 2.29 bits per heavy atom. The van der Waals surface area contributed by atoms with Crippen LogP contribution < -0.4 is 0 Å². The van der Waals surface area contributed by atoms with Crippen LogP contribution in [-0.2, 0) is 4.74 Å². The van der Waals surface area contributed by atoms with E-state index in [9.17, 15) is 4.79 Å². The van der Waals surface area contributed by atoms with Crippen LogP contribution in [0.3, 0.4) is 0 Å². The number of morpholine rings is 1. The highest BCUT2D eigenvalue weighted by molar-refractivity contribution is 6.00. The molecule has 144 valence electrons. The van der Waals surface area contributed by atoms with Crippen molar-refractivity contribution in [1.29, 1.82) is 0 Å². The van der Waals surface area contributed by atoms with E-state index in [-0.39, 0.29) is 18.1 Å². The van der Waals surface area contributed by atoms with Crippen LogP contribution >= 0.6 is 0 Å². The standard InChI is InChI=1S/C23H25N3O2/c1-16-9-11-19(12-10-16)22-21(15-26(24-22)20-7-5-4-6-8-20)23(27)25-13-17(2)28-18(3)14-25/h4-12,15,17-18H,13-14H2,1-3H3/t17-,18+. The molecule has 5 heteroatoms. The number of para-hydroxylation sites is 1. The van der Waals surface area contributed by atoms with Crippen molar-refractivity contribution in [3.63, 3.8) is 0 Å². The summed E-state index contributed by atoms with van der Waals surface area (Å²) in [4.78, 5) is 15.3. The molecule has 0 radical (unpaired) electrons. The van der Waals surface area contributed by atoms with Gasteiger partial charge in [-0.05, 0) is 32.9 Å². The Bertz CT molecular complexity index is 953. The highest BCUT2D eigenvalue weighted by atomic mass is 16.5. The third-order valence-corrected chi connectivity index (χ3v) is 5.00.